The smallest absolute Gasteiger partial charge is 0.471 e. The predicted octanol–water partition coefficient (Wildman–Crippen LogP) is 0.623. The Bertz CT molecular complexity index is 276. The molecular weight excluding hydrogens is 243 g/mol. The van der Waals surface area contributed by atoms with E-state index in [4.69, 9.17) is 10.2 Å². The van der Waals surface area contributed by atoms with Crippen LogP contribution in [0, 0.1) is 0 Å². The number of amides is 1. The lowest BCUT2D eigenvalue weighted by Gasteiger charge is -2.30. The van der Waals surface area contributed by atoms with E-state index in [1.54, 1.807) is 0 Å². The van der Waals surface area contributed by atoms with Crippen LogP contribution in [0.1, 0.15) is 19.8 Å². The third-order valence-corrected chi connectivity index (χ3v) is 2.19. The third kappa shape index (κ3) is 5.03. The quantitative estimate of drug-likeness (QED) is 0.731. The topological polar surface area (TPSA) is 77.8 Å². The van der Waals surface area contributed by atoms with Crippen LogP contribution in [-0.4, -0.2) is 52.4 Å². The number of aliphatic hydroxyl groups is 1. The van der Waals surface area contributed by atoms with Gasteiger partial charge in [0.05, 0.1) is 19.1 Å². The molecule has 1 amide bonds. The lowest BCUT2D eigenvalue weighted by Crippen LogP contribution is -2.49. The summed E-state index contributed by atoms with van der Waals surface area (Å²) >= 11 is 0. The van der Waals surface area contributed by atoms with E-state index >= 15 is 0 Å². The first kappa shape index (κ1) is 15.7. The van der Waals surface area contributed by atoms with Gasteiger partial charge in [0.1, 0.15) is 0 Å². The number of carbonyl (C=O) groups is 2. The molecule has 0 bridgehead atoms. The van der Waals surface area contributed by atoms with Crippen molar-refractivity contribution in [1.29, 1.82) is 0 Å². The molecule has 0 heterocycles. The maximum absolute atomic E-state index is 12.2. The average Bonchev–Trinajstić information content (AvgIpc) is 2.21. The summed E-state index contributed by atoms with van der Waals surface area (Å²) in [7, 11) is 0. The summed E-state index contributed by atoms with van der Waals surface area (Å²) in [5.74, 6) is -3.43. The molecule has 0 aromatic heterocycles. The van der Waals surface area contributed by atoms with Gasteiger partial charge in [0.15, 0.2) is 0 Å². The van der Waals surface area contributed by atoms with E-state index in [1.807, 2.05) is 0 Å². The van der Waals surface area contributed by atoms with E-state index < -0.39 is 43.7 Å². The van der Waals surface area contributed by atoms with Crippen molar-refractivity contribution in [2.45, 2.75) is 32.0 Å². The molecule has 0 spiro atoms. The van der Waals surface area contributed by atoms with E-state index in [2.05, 4.69) is 0 Å². The fourth-order valence-electron chi connectivity index (χ4n) is 1.28. The summed E-state index contributed by atoms with van der Waals surface area (Å²) in [5, 5.41) is 17.3. The standard InChI is InChI=1S/C9H14F3NO4/c1-2-6(5-14)13(4-3-7(15)16)8(17)9(10,11)12/h6,14H,2-5H2,1H3,(H,15,16). The van der Waals surface area contributed by atoms with Crippen molar-refractivity contribution < 1.29 is 33.0 Å². The Morgan fingerprint density at radius 1 is 1.35 bits per heavy atom. The molecule has 0 rings (SSSR count). The zero-order valence-electron chi connectivity index (χ0n) is 9.20. The highest BCUT2D eigenvalue weighted by Gasteiger charge is 2.44. The number of hydrogen-bond donors (Lipinski definition) is 2. The molecule has 0 aliphatic rings. The summed E-state index contributed by atoms with van der Waals surface area (Å²) in [6.45, 7) is 0.281. The zero-order chi connectivity index (χ0) is 13.6. The number of nitrogens with zero attached hydrogens (tertiary/aromatic N) is 1. The van der Waals surface area contributed by atoms with Crippen molar-refractivity contribution >= 4 is 11.9 Å². The molecule has 0 aliphatic carbocycles. The Labute approximate surface area is 95.8 Å². The van der Waals surface area contributed by atoms with Crippen LogP contribution in [0.5, 0.6) is 0 Å². The summed E-state index contributed by atoms with van der Waals surface area (Å²) < 4.78 is 36.7. The number of halogens is 3. The minimum Gasteiger partial charge on any atom is -0.481 e. The summed E-state index contributed by atoms with van der Waals surface area (Å²) in [6, 6.07) is -1.02. The minimum atomic E-state index is -5.07. The van der Waals surface area contributed by atoms with Gasteiger partial charge in [-0.2, -0.15) is 13.2 Å². The Kier molecular flexibility index (Phi) is 5.94. The number of aliphatic hydroxyl groups excluding tert-OH is 1. The van der Waals surface area contributed by atoms with Crippen molar-refractivity contribution in [3.8, 4) is 0 Å². The highest BCUT2D eigenvalue weighted by molar-refractivity contribution is 5.82. The Hall–Kier alpha value is -1.31. The lowest BCUT2D eigenvalue weighted by atomic mass is 10.2. The molecule has 1 atom stereocenters. The molecule has 5 nitrogen and oxygen atoms in total. The maximum Gasteiger partial charge on any atom is 0.471 e. The third-order valence-electron chi connectivity index (χ3n) is 2.19. The fourth-order valence-corrected chi connectivity index (χ4v) is 1.28. The number of rotatable bonds is 6. The summed E-state index contributed by atoms with van der Waals surface area (Å²) in [6.07, 6.45) is -5.56. The first-order chi connectivity index (χ1) is 7.73. The van der Waals surface area contributed by atoms with Gasteiger partial charge in [0, 0.05) is 6.54 Å². The molecule has 0 aromatic carbocycles. The maximum atomic E-state index is 12.2. The van der Waals surface area contributed by atoms with E-state index in [9.17, 15) is 22.8 Å². The highest BCUT2D eigenvalue weighted by atomic mass is 19.4. The lowest BCUT2D eigenvalue weighted by molar-refractivity contribution is -0.189. The van der Waals surface area contributed by atoms with Gasteiger partial charge in [-0.3, -0.25) is 9.59 Å². The zero-order valence-corrected chi connectivity index (χ0v) is 9.20. The van der Waals surface area contributed by atoms with Gasteiger partial charge in [-0.15, -0.1) is 0 Å². The molecule has 0 saturated carbocycles. The van der Waals surface area contributed by atoms with Crippen LogP contribution < -0.4 is 0 Å². The molecule has 0 radical (unpaired) electrons. The van der Waals surface area contributed by atoms with E-state index in [1.165, 1.54) is 6.92 Å². The largest absolute Gasteiger partial charge is 0.481 e. The molecule has 0 aromatic rings. The number of carboxylic acids is 1. The van der Waals surface area contributed by atoms with Gasteiger partial charge in [-0.25, -0.2) is 0 Å². The summed E-state index contributed by atoms with van der Waals surface area (Å²) in [5.41, 5.74) is 0. The molecule has 17 heavy (non-hydrogen) atoms. The van der Waals surface area contributed by atoms with Crippen LogP contribution in [0.25, 0.3) is 0 Å². The van der Waals surface area contributed by atoms with E-state index in [0.29, 0.717) is 4.90 Å². The van der Waals surface area contributed by atoms with Crippen LogP contribution in [-0.2, 0) is 9.59 Å². The number of aliphatic carboxylic acids is 1. The molecule has 1 unspecified atom stereocenters. The minimum absolute atomic E-state index is 0.109. The number of carboxylic acid groups (broad SMARTS) is 1. The van der Waals surface area contributed by atoms with Crippen molar-refractivity contribution in [3.63, 3.8) is 0 Å². The predicted molar refractivity (Wildman–Crippen MR) is 51.2 cm³/mol. The van der Waals surface area contributed by atoms with Gasteiger partial charge in [-0.05, 0) is 6.42 Å². The Balaban J connectivity index is 4.83. The van der Waals surface area contributed by atoms with Crippen molar-refractivity contribution in [2.24, 2.45) is 0 Å². The first-order valence-corrected chi connectivity index (χ1v) is 4.94. The second-order valence-corrected chi connectivity index (χ2v) is 3.38. The van der Waals surface area contributed by atoms with Gasteiger partial charge in [-0.1, -0.05) is 6.92 Å². The number of carbonyl (C=O) groups excluding carboxylic acids is 1. The van der Waals surface area contributed by atoms with Crippen LogP contribution in [0.3, 0.4) is 0 Å². The Morgan fingerprint density at radius 3 is 2.18 bits per heavy atom. The molecule has 2 N–H and O–H groups in total. The van der Waals surface area contributed by atoms with Crippen molar-refractivity contribution in [3.05, 3.63) is 0 Å². The van der Waals surface area contributed by atoms with Crippen LogP contribution in [0.4, 0.5) is 13.2 Å². The van der Waals surface area contributed by atoms with Gasteiger partial charge in [0.25, 0.3) is 0 Å². The van der Waals surface area contributed by atoms with Crippen molar-refractivity contribution in [2.75, 3.05) is 13.2 Å². The van der Waals surface area contributed by atoms with Gasteiger partial charge < -0.3 is 15.1 Å². The molecular formula is C9H14F3NO4. The monoisotopic (exact) mass is 257 g/mol. The summed E-state index contributed by atoms with van der Waals surface area (Å²) in [4.78, 5) is 21.7. The van der Waals surface area contributed by atoms with Crippen LogP contribution in [0.15, 0.2) is 0 Å². The number of alkyl halides is 3. The van der Waals surface area contributed by atoms with Gasteiger partial charge in [0.2, 0.25) is 0 Å². The van der Waals surface area contributed by atoms with E-state index in [0.717, 1.165) is 0 Å². The van der Waals surface area contributed by atoms with Crippen LogP contribution in [0.2, 0.25) is 0 Å². The molecule has 0 aliphatic heterocycles. The SMILES string of the molecule is CCC(CO)N(CCC(=O)O)C(=O)C(F)(F)F. The van der Waals surface area contributed by atoms with Crippen LogP contribution >= 0.6 is 0 Å². The normalized spacial score (nSPS) is 13.2. The average molecular weight is 257 g/mol. The molecule has 0 fully saturated rings. The van der Waals surface area contributed by atoms with E-state index in [-0.39, 0.29) is 6.42 Å². The fraction of sp³-hybridized carbons (Fsp3) is 0.778. The molecule has 100 valence electrons. The number of hydrogen-bond acceptors (Lipinski definition) is 3. The molecule has 8 heteroatoms. The highest BCUT2D eigenvalue weighted by Crippen LogP contribution is 2.21. The van der Waals surface area contributed by atoms with Crippen molar-refractivity contribution in [1.82, 2.24) is 4.90 Å². The second kappa shape index (κ2) is 6.43. The Morgan fingerprint density at radius 2 is 1.88 bits per heavy atom. The second-order valence-electron chi connectivity index (χ2n) is 3.38. The van der Waals surface area contributed by atoms with Gasteiger partial charge >= 0.3 is 18.1 Å². The first-order valence-electron chi connectivity index (χ1n) is 4.94. The molecule has 0 saturated heterocycles.